The van der Waals surface area contributed by atoms with Crippen LogP contribution in [0.2, 0.25) is 0 Å². The number of carbonyl (C=O) groups is 4. The summed E-state index contributed by atoms with van der Waals surface area (Å²) in [6, 6.07) is -3.43. The fourth-order valence-electron chi connectivity index (χ4n) is 4.21. The Morgan fingerprint density at radius 1 is 1.10 bits per heavy atom. The molecule has 8 nitrogen and oxygen atoms in total. The third-order valence-electron chi connectivity index (χ3n) is 6.19. The van der Waals surface area contributed by atoms with Gasteiger partial charge in [0.25, 0.3) is 0 Å². The summed E-state index contributed by atoms with van der Waals surface area (Å²) in [7, 11) is 0. The Morgan fingerprint density at radius 2 is 1.63 bits per heavy atom. The van der Waals surface area contributed by atoms with Gasteiger partial charge in [0.1, 0.15) is 18.1 Å². The molecule has 4 amide bonds. The highest BCUT2D eigenvalue weighted by molar-refractivity contribution is 5.96. The molecule has 2 rings (SSSR count). The molecule has 2 aliphatic rings. The van der Waals surface area contributed by atoms with Crippen LogP contribution in [0.1, 0.15) is 41.5 Å². The first kappa shape index (κ1) is 23.9. The van der Waals surface area contributed by atoms with Crippen molar-refractivity contribution in [3.05, 3.63) is 0 Å². The second-order valence-electron chi connectivity index (χ2n) is 9.79. The zero-order valence-corrected chi connectivity index (χ0v) is 17.9. The van der Waals surface area contributed by atoms with Crippen LogP contribution in [0.3, 0.4) is 0 Å². The molecule has 0 radical (unpaired) electrons. The Morgan fingerprint density at radius 3 is 2.07 bits per heavy atom. The van der Waals surface area contributed by atoms with E-state index >= 15 is 0 Å². The van der Waals surface area contributed by atoms with Gasteiger partial charge in [-0.15, -0.1) is 0 Å². The van der Waals surface area contributed by atoms with Crippen LogP contribution in [0, 0.1) is 22.7 Å². The second kappa shape index (κ2) is 7.42. The van der Waals surface area contributed by atoms with Crippen molar-refractivity contribution in [3.8, 4) is 0 Å². The van der Waals surface area contributed by atoms with E-state index in [4.69, 9.17) is 5.73 Å². The number of piperidine rings is 1. The molecule has 0 spiro atoms. The molecular formula is C19H29F3N4O4. The predicted octanol–water partition coefficient (Wildman–Crippen LogP) is 0.553. The van der Waals surface area contributed by atoms with Gasteiger partial charge in [-0.2, -0.15) is 13.2 Å². The van der Waals surface area contributed by atoms with E-state index in [2.05, 4.69) is 5.32 Å². The van der Waals surface area contributed by atoms with E-state index in [1.165, 1.54) is 32.6 Å². The molecule has 4 N–H and O–H groups in total. The number of fused-ring (bicyclic) bond motifs is 1. The maximum absolute atomic E-state index is 13.2. The van der Waals surface area contributed by atoms with Gasteiger partial charge in [0.05, 0.1) is 0 Å². The van der Waals surface area contributed by atoms with E-state index in [0.29, 0.717) is 0 Å². The lowest BCUT2D eigenvalue weighted by molar-refractivity contribution is -0.176. The Hall–Kier alpha value is -2.33. The van der Waals surface area contributed by atoms with Gasteiger partial charge in [0.2, 0.25) is 17.7 Å². The quantitative estimate of drug-likeness (QED) is 0.585. The number of hydrogen-bond donors (Lipinski definition) is 3. The van der Waals surface area contributed by atoms with Crippen molar-refractivity contribution in [3.63, 3.8) is 0 Å². The summed E-state index contributed by atoms with van der Waals surface area (Å²) in [6.07, 6.45) is -5.15. The second-order valence-corrected chi connectivity index (χ2v) is 9.79. The van der Waals surface area contributed by atoms with Crippen LogP contribution >= 0.6 is 0 Å². The Balaban J connectivity index is 2.31. The summed E-state index contributed by atoms with van der Waals surface area (Å²) in [5, 5.41) is 4.25. The van der Waals surface area contributed by atoms with E-state index in [1.54, 1.807) is 5.32 Å². The zero-order chi connectivity index (χ0) is 23.4. The molecule has 0 bridgehead atoms. The van der Waals surface area contributed by atoms with Crippen molar-refractivity contribution in [1.82, 2.24) is 15.5 Å². The van der Waals surface area contributed by atoms with Crippen molar-refractivity contribution in [2.24, 2.45) is 28.4 Å². The molecule has 1 aliphatic heterocycles. The van der Waals surface area contributed by atoms with Crippen LogP contribution in [-0.2, 0) is 19.2 Å². The van der Waals surface area contributed by atoms with Gasteiger partial charge >= 0.3 is 12.1 Å². The lowest BCUT2D eigenvalue weighted by Crippen LogP contribution is -2.61. The summed E-state index contributed by atoms with van der Waals surface area (Å²) in [4.78, 5) is 50.2. The minimum Gasteiger partial charge on any atom is -0.368 e. The minimum absolute atomic E-state index is 0.0139. The van der Waals surface area contributed by atoms with Crippen molar-refractivity contribution in [2.45, 2.75) is 65.8 Å². The van der Waals surface area contributed by atoms with E-state index in [9.17, 15) is 32.3 Å². The fraction of sp³-hybridized carbons (Fsp3) is 0.789. The lowest BCUT2D eigenvalue weighted by atomic mass is 9.85. The third kappa shape index (κ3) is 4.39. The number of hydrogen-bond acceptors (Lipinski definition) is 4. The number of halogens is 3. The van der Waals surface area contributed by atoms with Crippen molar-refractivity contribution in [2.75, 3.05) is 6.54 Å². The summed E-state index contributed by atoms with van der Waals surface area (Å²) < 4.78 is 38.4. The monoisotopic (exact) mass is 434 g/mol. The first-order valence-corrected chi connectivity index (χ1v) is 9.68. The number of rotatable bonds is 5. The fourth-order valence-corrected chi connectivity index (χ4v) is 4.21. The van der Waals surface area contributed by atoms with Gasteiger partial charge in [-0.1, -0.05) is 34.6 Å². The van der Waals surface area contributed by atoms with E-state index in [1.807, 2.05) is 13.8 Å². The van der Waals surface area contributed by atoms with Crippen LogP contribution in [0.15, 0.2) is 0 Å². The highest BCUT2D eigenvalue weighted by atomic mass is 19.4. The van der Waals surface area contributed by atoms with Crippen LogP contribution in [0.4, 0.5) is 13.2 Å². The zero-order valence-electron chi connectivity index (χ0n) is 17.9. The number of likely N-dealkylation sites (tertiary alicyclic amines) is 1. The van der Waals surface area contributed by atoms with Gasteiger partial charge in [0, 0.05) is 6.54 Å². The van der Waals surface area contributed by atoms with E-state index in [0.717, 1.165) is 0 Å². The molecule has 0 aromatic rings. The summed E-state index contributed by atoms with van der Waals surface area (Å²) >= 11 is 0. The summed E-state index contributed by atoms with van der Waals surface area (Å²) in [6.45, 7) is 10.0. The van der Waals surface area contributed by atoms with Gasteiger partial charge in [-0.25, -0.2) is 0 Å². The highest BCUT2D eigenvalue weighted by Crippen LogP contribution is 2.65. The first-order chi connectivity index (χ1) is 13.4. The molecule has 1 saturated heterocycles. The first-order valence-electron chi connectivity index (χ1n) is 9.68. The van der Waals surface area contributed by atoms with Crippen LogP contribution in [0.25, 0.3) is 0 Å². The SMILES string of the molecule is C[C@H](NC(=O)[C@@H]1[C@@H]2C(CN1C(=O)[C@@H](NC(=O)C(F)(F)F)C(C)(C)C)C2(C)C)C(N)=O. The number of nitrogens with one attached hydrogen (secondary N) is 2. The molecule has 2 fully saturated rings. The van der Waals surface area contributed by atoms with Crippen LogP contribution in [-0.4, -0.2) is 59.4 Å². The molecule has 1 heterocycles. The highest BCUT2D eigenvalue weighted by Gasteiger charge is 2.69. The maximum Gasteiger partial charge on any atom is 0.471 e. The van der Waals surface area contributed by atoms with E-state index < -0.39 is 53.3 Å². The molecule has 1 saturated carbocycles. The smallest absolute Gasteiger partial charge is 0.368 e. The average molecular weight is 434 g/mol. The number of carbonyl (C=O) groups excluding carboxylic acids is 4. The molecular weight excluding hydrogens is 405 g/mol. The lowest BCUT2D eigenvalue weighted by Gasteiger charge is -2.37. The van der Waals surface area contributed by atoms with Gasteiger partial charge in [-0.3, -0.25) is 19.2 Å². The number of nitrogens with zero attached hydrogens (tertiary/aromatic N) is 1. The maximum atomic E-state index is 13.2. The largest absolute Gasteiger partial charge is 0.471 e. The van der Waals surface area contributed by atoms with E-state index in [-0.39, 0.29) is 23.8 Å². The Labute approximate surface area is 173 Å². The topological polar surface area (TPSA) is 122 Å². The number of amides is 4. The molecule has 0 aromatic heterocycles. The molecule has 0 aromatic carbocycles. The molecule has 170 valence electrons. The van der Waals surface area contributed by atoms with Crippen LogP contribution < -0.4 is 16.4 Å². The number of nitrogens with two attached hydrogens (primary N) is 1. The van der Waals surface area contributed by atoms with Crippen molar-refractivity contribution < 1.29 is 32.3 Å². The standard InChI is InChI=1S/C19H29F3N4O4/c1-8(13(23)27)24-14(28)11-10-9(18(10,5)6)7-26(11)15(29)12(17(2,3)4)25-16(30)19(20,21)22/h8-12H,7H2,1-6H3,(H2,23,27)(H,24,28)(H,25,30)/t8-,9?,10-,11-,12+/m0/s1. The Bertz CT molecular complexity index is 760. The normalized spacial score (nSPS) is 27.0. The summed E-state index contributed by atoms with van der Waals surface area (Å²) in [5.74, 6) is -4.56. The number of primary amides is 1. The minimum atomic E-state index is -5.15. The molecule has 11 heteroatoms. The number of alkyl halides is 3. The van der Waals surface area contributed by atoms with Gasteiger partial charge in [-0.05, 0) is 29.6 Å². The molecule has 1 unspecified atom stereocenters. The molecule has 30 heavy (non-hydrogen) atoms. The van der Waals surface area contributed by atoms with Crippen molar-refractivity contribution >= 4 is 23.6 Å². The predicted molar refractivity (Wildman–Crippen MR) is 101 cm³/mol. The van der Waals surface area contributed by atoms with Crippen molar-refractivity contribution in [1.29, 1.82) is 0 Å². The van der Waals surface area contributed by atoms with Gasteiger partial charge < -0.3 is 21.3 Å². The van der Waals surface area contributed by atoms with Gasteiger partial charge in [0.15, 0.2) is 0 Å². The summed E-state index contributed by atoms with van der Waals surface area (Å²) in [5.41, 5.74) is 3.91. The molecule has 5 atom stereocenters. The third-order valence-corrected chi connectivity index (χ3v) is 6.19. The molecule has 1 aliphatic carbocycles. The average Bonchev–Trinajstić information content (AvgIpc) is 2.93. The van der Waals surface area contributed by atoms with Crippen LogP contribution in [0.5, 0.6) is 0 Å². The Kier molecular flexibility index (Phi) is 5.92.